The van der Waals surface area contributed by atoms with Gasteiger partial charge in [0.15, 0.2) is 6.61 Å². The summed E-state index contributed by atoms with van der Waals surface area (Å²) >= 11 is 6.20. The predicted molar refractivity (Wildman–Crippen MR) is 109 cm³/mol. The van der Waals surface area contributed by atoms with Gasteiger partial charge in [0.05, 0.1) is 5.02 Å². The van der Waals surface area contributed by atoms with E-state index in [2.05, 4.69) is 5.32 Å². The van der Waals surface area contributed by atoms with Crippen LogP contribution in [0.15, 0.2) is 54.6 Å². The highest BCUT2D eigenvalue weighted by atomic mass is 35.5. The van der Waals surface area contributed by atoms with E-state index in [9.17, 15) is 9.59 Å². The summed E-state index contributed by atoms with van der Waals surface area (Å²) in [4.78, 5) is 25.7. The van der Waals surface area contributed by atoms with E-state index in [0.717, 1.165) is 5.56 Å². The first kappa shape index (κ1) is 20.5. The fourth-order valence-corrected chi connectivity index (χ4v) is 2.66. The largest absolute Gasteiger partial charge is 0.482 e. The summed E-state index contributed by atoms with van der Waals surface area (Å²) in [6.45, 7) is 5.02. The number of amides is 2. The Balaban J connectivity index is 1.93. The molecule has 5 nitrogen and oxygen atoms in total. The molecule has 0 aliphatic heterocycles. The molecule has 0 bridgehead atoms. The molecule has 0 unspecified atom stereocenters. The minimum Gasteiger partial charge on any atom is -0.482 e. The van der Waals surface area contributed by atoms with Crippen LogP contribution in [0.25, 0.3) is 6.08 Å². The van der Waals surface area contributed by atoms with E-state index >= 15 is 0 Å². The number of anilines is 1. The lowest BCUT2D eigenvalue weighted by molar-refractivity contribution is -0.133. The van der Waals surface area contributed by atoms with Crippen molar-refractivity contribution in [1.82, 2.24) is 4.90 Å². The number of halogens is 1. The third-order valence-corrected chi connectivity index (χ3v) is 4.19. The number of carbonyl (C=O) groups excluding carboxylic acids is 2. The zero-order valence-corrected chi connectivity index (χ0v) is 16.2. The maximum absolute atomic E-state index is 12.0. The van der Waals surface area contributed by atoms with Gasteiger partial charge in [0.2, 0.25) is 5.91 Å². The first-order chi connectivity index (χ1) is 13.0. The smallest absolute Gasteiger partial charge is 0.260 e. The van der Waals surface area contributed by atoms with E-state index in [-0.39, 0.29) is 18.4 Å². The minimum atomic E-state index is -0.264. The highest BCUT2D eigenvalue weighted by molar-refractivity contribution is 6.32. The SMILES string of the molecule is CCN(CC)C(=O)COc1ccc(NC(=O)/C=C/c2ccccc2)cc1Cl. The average molecular weight is 387 g/mol. The molecule has 0 radical (unpaired) electrons. The van der Waals surface area contributed by atoms with Crippen molar-refractivity contribution in [2.45, 2.75) is 13.8 Å². The molecule has 27 heavy (non-hydrogen) atoms. The molecule has 2 rings (SSSR count). The highest BCUT2D eigenvalue weighted by Gasteiger charge is 2.12. The highest BCUT2D eigenvalue weighted by Crippen LogP contribution is 2.27. The van der Waals surface area contributed by atoms with Crippen molar-refractivity contribution < 1.29 is 14.3 Å². The summed E-state index contributed by atoms with van der Waals surface area (Å²) < 4.78 is 5.50. The first-order valence-electron chi connectivity index (χ1n) is 8.77. The Hall–Kier alpha value is -2.79. The van der Waals surface area contributed by atoms with E-state index in [4.69, 9.17) is 16.3 Å². The molecular formula is C21H23ClN2O3. The third kappa shape index (κ3) is 6.46. The number of hydrogen-bond acceptors (Lipinski definition) is 3. The number of nitrogens with zero attached hydrogens (tertiary/aromatic N) is 1. The summed E-state index contributed by atoms with van der Waals surface area (Å²) in [6.07, 6.45) is 3.18. The lowest BCUT2D eigenvalue weighted by Crippen LogP contribution is -2.34. The minimum absolute atomic E-state index is 0.0765. The van der Waals surface area contributed by atoms with Gasteiger partial charge >= 0.3 is 0 Å². The molecule has 2 aromatic carbocycles. The number of nitrogens with one attached hydrogen (secondary N) is 1. The molecule has 2 amide bonds. The molecule has 0 aromatic heterocycles. The second kappa shape index (κ2) is 10.4. The molecule has 0 atom stereocenters. The lowest BCUT2D eigenvalue weighted by atomic mass is 10.2. The molecule has 1 N–H and O–H groups in total. The van der Waals surface area contributed by atoms with E-state index in [0.29, 0.717) is 29.5 Å². The van der Waals surface area contributed by atoms with Crippen LogP contribution in [0.1, 0.15) is 19.4 Å². The van der Waals surface area contributed by atoms with Crippen LogP contribution in [-0.4, -0.2) is 36.4 Å². The zero-order valence-electron chi connectivity index (χ0n) is 15.4. The molecular weight excluding hydrogens is 364 g/mol. The van der Waals surface area contributed by atoms with Crippen molar-refractivity contribution in [3.05, 3.63) is 65.2 Å². The number of ether oxygens (including phenoxy) is 1. The van der Waals surface area contributed by atoms with E-state index in [1.165, 1.54) is 6.08 Å². The van der Waals surface area contributed by atoms with Crippen LogP contribution in [0.2, 0.25) is 5.02 Å². The maximum Gasteiger partial charge on any atom is 0.260 e. The van der Waals surface area contributed by atoms with Gasteiger partial charge in [-0.05, 0) is 43.7 Å². The van der Waals surface area contributed by atoms with E-state index in [1.54, 1.807) is 29.2 Å². The summed E-state index contributed by atoms with van der Waals surface area (Å²) in [5.74, 6) is 0.0368. The van der Waals surface area contributed by atoms with Crippen molar-refractivity contribution in [3.63, 3.8) is 0 Å². The quantitative estimate of drug-likeness (QED) is 0.690. The van der Waals surface area contributed by atoms with Crippen LogP contribution >= 0.6 is 11.6 Å². The van der Waals surface area contributed by atoms with Crippen LogP contribution < -0.4 is 10.1 Å². The number of likely N-dealkylation sites (N-methyl/N-ethyl adjacent to an activating group) is 1. The first-order valence-corrected chi connectivity index (χ1v) is 9.15. The van der Waals surface area contributed by atoms with Gasteiger partial charge in [0.25, 0.3) is 5.91 Å². The Bertz CT molecular complexity index is 802. The zero-order chi connectivity index (χ0) is 19.6. The van der Waals surface area contributed by atoms with Gasteiger partial charge in [-0.2, -0.15) is 0 Å². The van der Waals surface area contributed by atoms with Gasteiger partial charge in [-0.15, -0.1) is 0 Å². The van der Waals surface area contributed by atoms with Crippen LogP contribution in [0, 0.1) is 0 Å². The van der Waals surface area contributed by atoms with Crippen molar-refractivity contribution >= 4 is 35.2 Å². The predicted octanol–water partition coefficient (Wildman–Crippen LogP) is 4.24. The fraction of sp³-hybridized carbons (Fsp3) is 0.238. The van der Waals surface area contributed by atoms with E-state index in [1.807, 2.05) is 44.2 Å². The summed E-state index contributed by atoms with van der Waals surface area (Å²) in [5.41, 5.74) is 1.48. The molecule has 0 saturated heterocycles. The van der Waals surface area contributed by atoms with Crippen molar-refractivity contribution in [2.24, 2.45) is 0 Å². The normalized spacial score (nSPS) is 10.6. The summed E-state index contributed by atoms with van der Waals surface area (Å²) in [7, 11) is 0. The molecule has 0 fully saturated rings. The molecule has 0 aliphatic carbocycles. The third-order valence-electron chi connectivity index (χ3n) is 3.89. The molecule has 0 heterocycles. The topological polar surface area (TPSA) is 58.6 Å². The number of hydrogen-bond donors (Lipinski definition) is 1. The second-order valence-electron chi connectivity index (χ2n) is 5.73. The summed E-state index contributed by atoms with van der Waals surface area (Å²) in [5, 5.41) is 3.07. The Morgan fingerprint density at radius 2 is 1.81 bits per heavy atom. The van der Waals surface area contributed by atoms with Gasteiger partial charge in [0, 0.05) is 24.9 Å². The van der Waals surface area contributed by atoms with Gasteiger partial charge in [0.1, 0.15) is 5.75 Å². The van der Waals surface area contributed by atoms with Gasteiger partial charge in [-0.1, -0.05) is 41.9 Å². The molecule has 142 valence electrons. The Morgan fingerprint density at radius 3 is 2.44 bits per heavy atom. The van der Waals surface area contributed by atoms with Crippen molar-refractivity contribution in [1.29, 1.82) is 0 Å². The molecule has 0 spiro atoms. The monoisotopic (exact) mass is 386 g/mol. The van der Waals surface area contributed by atoms with Gasteiger partial charge in [-0.3, -0.25) is 9.59 Å². The van der Waals surface area contributed by atoms with Gasteiger partial charge in [-0.25, -0.2) is 0 Å². The Morgan fingerprint density at radius 1 is 1.11 bits per heavy atom. The van der Waals surface area contributed by atoms with Crippen molar-refractivity contribution in [2.75, 3.05) is 25.0 Å². The Kier molecular flexibility index (Phi) is 7.89. The summed E-state index contributed by atoms with van der Waals surface area (Å²) in [6, 6.07) is 14.4. The Labute approximate surface area is 164 Å². The second-order valence-corrected chi connectivity index (χ2v) is 6.14. The molecule has 0 saturated carbocycles. The fourth-order valence-electron chi connectivity index (χ4n) is 2.42. The molecule has 0 aliphatic rings. The van der Waals surface area contributed by atoms with Gasteiger partial charge < -0.3 is 15.0 Å². The molecule has 6 heteroatoms. The number of carbonyl (C=O) groups is 2. The van der Waals surface area contributed by atoms with Crippen LogP contribution in [-0.2, 0) is 9.59 Å². The molecule has 2 aromatic rings. The lowest BCUT2D eigenvalue weighted by Gasteiger charge is -2.19. The average Bonchev–Trinajstić information content (AvgIpc) is 2.67. The van der Waals surface area contributed by atoms with Crippen LogP contribution in [0.3, 0.4) is 0 Å². The standard InChI is InChI=1S/C21H23ClN2O3/c1-3-24(4-2)21(26)15-27-19-12-11-17(14-18(19)22)23-20(25)13-10-16-8-6-5-7-9-16/h5-14H,3-4,15H2,1-2H3,(H,23,25)/b13-10+. The number of rotatable bonds is 8. The maximum atomic E-state index is 12.0. The number of benzene rings is 2. The van der Waals surface area contributed by atoms with Crippen molar-refractivity contribution in [3.8, 4) is 5.75 Å². The van der Waals surface area contributed by atoms with Crippen LogP contribution in [0.5, 0.6) is 5.75 Å². The van der Waals surface area contributed by atoms with E-state index < -0.39 is 0 Å². The van der Waals surface area contributed by atoms with Crippen LogP contribution in [0.4, 0.5) is 5.69 Å².